The molecule has 2 rings (SSSR count). The average Bonchev–Trinajstić information content (AvgIpc) is 2.68. The van der Waals surface area contributed by atoms with E-state index in [0.29, 0.717) is 6.54 Å². The number of hydrogen-bond acceptors (Lipinski definition) is 5. The van der Waals surface area contributed by atoms with Gasteiger partial charge in [0.1, 0.15) is 11.5 Å². The molecule has 7 nitrogen and oxygen atoms in total. The molecule has 7 heteroatoms. The minimum atomic E-state index is -0.533. The fourth-order valence-corrected chi connectivity index (χ4v) is 2.47. The maximum atomic E-state index is 11.9. The molecule has 1 aromatic rings. The molecule has 0 aromatic carbocycles. The molecular formula is C11H18N4O3. The van der Waals surface area contributed by atoms with Crippen LogP contribution >= 0.6 is 0 Å². The van der Waals surface area contributed by atoms with Crippen LogP contribution in [0.5, 0.6) is 0 Å². The Balaban J connectivity index is 2.56. The Labute approximate surface area is 104 Å². The number of nitrogens with one attached hydrogen (secondary N) is 1. The van der Waals surface area contributed by atoms with Gasteiger partial charge in [0.2, 0.25) is 0 Å². The zero-order valence-electron chi connectivity index (χ0n) is 10.5. The summed E-state index contributed by atoms with van der Waals surface area (Å²) in [6.07, 6.45) is 0.882. The van der Waals surface area contributed by atoms with Gasteiger partial charge in [0.05, 0.1) is 12.6 Å². The smallest absolute Gasteiger partial charge is 0.329 e. The zero-order valence-corrected chi connectivity index (χ0v) is 10.5. The lowest BCUT2D eigenvalue weighted by Gasteiger charge is -2.27. The third-order valence-electron chi connectivity index (χ3n) is 3.70. The van der Waals surface area contributed by atoms with Crippen LogP contribution in [0.3, 0.4) is 0 Å². The molecule has 4 N–H and O–H groups in total. The van der Waals surface area contributed by atoms with Crippen molar-refractivity contribution in [3.05, 3.63) is 20.8 Å². The number of aliphatic hydroxyl groups excluding tert-OH is 1. The van der Waals surface area contributed by atoms with Crippen molar-refractivity contribution in [3.63, 3.8) is 0 Å². The van der Waals surface area contributed by atoms with Gasteiger partial charge in [0, 0.05) is 13.6 Å². The number of aromatic amines is 1. The van der Waals surface area contributed by atoms with Gasteiger partial charge >= 0.3 is 5.69 Å². The summed E-state index contributed by atoms with van der Waals surface area (Å²) in [5, 5.41) is 9.41. The Hall–Kier alpha value is -1.76. The van der Waals surface area contributed by atoms with Crippen molar-refractivity contribution in [1.29, 1.82) is 0 Å². The molecule has 2 atom stereocenters. The van der Waals surface area contributed by atoms with Crippen LogP contribution in [-0.4, -0.2) is 33.9 Å². The molecule has 1 aliphatic heterocycles. The normalized spacial score (nSPS) is 23.6. The fourth-order valence-electron chi connectivity index (χ4n) is 2.47. The van der Waals surface area contributed by atoms with Crippen LogP contribution in [0.2, 0.25) is 0 Å². The summed E-state index contributed by atoms with van der Waals surface area (Å²) in [6.45, 7) is 2.63. The first kappa shape index (κ1) is 12.7. The summed E-state index contributed by atoms with van der Waals surface area (Å²) in [7, 11) is 1.50. The predicted octanol–water partition coefficient (Wildman–Crippen LogP) is -1.14. The fraction of sp³-hybridized carbons (Fsp3) is 0.636. The van der Waals surface area contributed by atoms with E-state index in [-0.39, 0.29) is 30.1 Å². The third kappa shape index (κ3) is 1.80. The van der Waals surface area contributed by atoms with Crippen molar-refractivity contribution >= 4 is 11.5 Å². The quantitative estimate of drug-likeness (QED) is 0.619. The number of aromatic nitrogens is 2. The molecule has 0 saturated carbocycles. The zero-order chi connectivity index (χ0) is 13.4. The number of nitrogen functional groups attached to an aromatic ring is 1. The maximum absolute atomic E-state index is 11.9. The van der Waals surface area contributed by atoms with Crippen LogP contribution in [0.4, 0.5) is 11.5 Å². The summed E-state index contributed by atoms with van der Waals surface area (Å²) < 4.78 is 1.20. The van der Waals surface area contributed by atoms with Gasteiger partial charge in [-0.15, -0.1) is 0 Å². The molecule has 0 amide bonds. The summed E-state index contributed by atoms with van der Waals surface area (Å²) in [5.74, 6) is 0.419. The molecule has 100 valence electrons. The summed E-state index contributed by atoms with van der Waals surface area (Å²) in [6, 6.07) is -0.133. The summed E-state index contributed by atoms with van der Waals surface area (Å²) in [4.78, 5) is 27.3. The first-order chi connectivity index (χ1) is 8.47. The molecule has 0 spiro atoms. The number of hydrogen-bond donors (Lipinski definition) is 3. The minimum Gasteiger partial charge on any atom is -0.394 e. The topological polar surface area (TPSA) is 104 Å². The van der Waals surface area contributed by atoms with Gasteiger partial charge < -0.3 is 15.7 Å². The highest BCUT2D eigenvalue weighted by atomic mass is 16.3. The predicted molar refractivity (Wildman–Crippen MR) is 68.7 cm³/mol. The van der Waals surface area contributed by atoms with E-state index >= 15 is 0 Å². The van der Waals surface area contributed by atoms with Crippen LogP contribution < -0.4 is 21.9 Å². The molecule has 0 radical (unpaired) electrons. The summed E-state index contributed by atoms with van der Waals surface area (Å²) in [5.41, 5.74) is 5.09. The van der Waals surface area contributed by atoms with E-state index < -0.39 is 11.2 Å². The molecule has 0 aliphatic carbocycles. The molecular weight excluding hydrogens is 236 g/mol. The van der Waals surface area contributed by atoms with Gasteiger partial charge in [-0.05, 0) is 12.3 Å². The van der Waals surface area contributed by atoms with Gasteiger partial charge in [-0.25, -0.2) is 4.79 Å². The van der Waals surface area contributed by atoms with E-state index in [0.717, 1.165) is 6.42 Å². The minimum absolute atomic E-state index is 0.0388. The Morgan fingerprint density at radius 2 is 2.17 bits per heavy atom. The van der Waals surface area contributed by atoms with Crippen LogP contribution in [0.25, 0.3) is 0 Å². The Morgan fingerprint density at radius 3 is 2.78 bits per heavy atom. The standard InChI is InChI=1S/C11H18N4O3/c1-6-3-4-15(7(6)5-16)8-9(12)14(2)11(18)13-10(8)17/h6-7,16H,3-5,12H2,1-2H3,(H,13,17,18). The monoisotopic (exact) mass is 254 g/mol. The Kier molecular flexibility index (Phi) is 3.16. The van der Waals surface area contributed by atoms with Crippen LogP contribution in [0.15, 0.2) is 9.59 Å². The van der Waals surface area contributed by atoms with Crippen molar-refractivity contribution in [2.45, 2.75) is 19.4 Å². The number of aliphatic hydroxyl groups is 1. The molecule has 1 aromatic heterocycles. The molecule has 2 heterocycles. The number of nitrogens with two attached hydrogens (primary N) is 1. The second-order valence-electron chi connectivity index (χ2n) is 4.76. The second-order valence-corrected chi connectivity index (χ2v) is 4.76. The highest BCUT2D eigenvalue weighted by Gasteiger charge is 2.33. The lowest BCUT2D eigenvalue weighted by molar-refractivity contribution is 0.244. The van der Waals surface area contributed by atoms with Crippen molar-refractivity contribution in [3.8, 4) is 0 Å². The molecule has 0 bridgehead atoms. The highest BCUT2D eigenvalue weighted by molar-refractivity contribution is 5.63. The van der Waals surface area contributed by atoms with Crippen molar-refractivity contribution < 1.29 is 5.11 Å². The van der Waals surface area contributed by atoms with Gasteiger partial charge in [0.15, 0.2) is 0 Å². The molecule has 2 unspecified atom stereocenters. The molecule has 1 aliphatic rings. The van der Waals surface area contributed by atoms with Gasteiger partial charge in [-0.2, -0.15) is 0 Å². The third-order valence-corrected chi connectivity index (χ3v) is 3.70. The van der Waals surface area contributed by atoms with E-state index in [4.69, 9.17) is 5.73 Å². The first-order valence-corrected chi connectivity index (χ1v) is 5.93. The summed E-state index contributed by atoms with van der Waals surface area (Å²) >= 11 is 0. The van der Waals surface area contributed by atoms with Crippen molar-refractivity contribution in [2.75, 3.05) is 23.8 Å². The van der Waals surface area contributed by atoms with Crippen LogP contribution in [0.1, 0.15) is 13.3 Å². The Bertz CT molecular complexity index is 562. The second kappa shape index (κ2) is 4.49. The number of rotatable bonds is 2. The van der Waals surface area contributed by atoms with Crippen molar-refractivity contribution in [1.82, 2.24) is 9.55 Å². The van der Waals surface area contributed by atoms with Gasteiger partial charge in [0.25, 0.3) is 5.56 Å². The van der Waals surface area contributed by atoms with Crippen LogP contribution in [-0.2, 0) is 7.05 Å². The lowest BCUT2D eigenvalue weighted by atomic mass is 10.0. The van der Waals surface area contributed by atoms with E-state index in [1.54, 1.807) is 4.90 Å². The number of H-pyrrole nitrogens is 1. The van der Waals surface area contributed by atoms with E-state index in [1.165, 1.54) is 11.6 Å². The molecule has 1 saturated heterocycles. The van der Waals surface area contributed by atoms with Crippen molar-refractivity contribution in [2.24, 2.45) is 13.0 Å². The van der Waals surface area contributed by atoms with E-state index in [9.17, 15) is 14.7 Å². The number of nitrogens with zero attached hydrogens (tertiary/aromatic N) is 2. The molecule has 18 heavy (non-hydrogen) atoms. The van der Waals surface area contributed by atoms with Crippen LogP contribution in [0, 0.1) is 5.92 Å². The average molecular weight is 254 g/mol. The SMILES string of the molecule is CC1CCN(c2c(N)n(C)c(=O)[nH]c2=O)C1CO. The Morgan fingerprint density at radius 1 is 1.50 bits per heavy atom. The first-order valence-electron chi connectivity index (χ1n) is 5.93. The number of anilines is 2. The largest absolute Gasteiger partial charge is 0.394 e. The lowest BCUT2D eigenvalue weighted by Crippen LogP contribution is -2.42. The highest BCUT2D eigenvalue weighted by Crippen LogP contribution is 2.29. The van der Waals surface area contributed by atoms with Gasteiger partial charge in [-0.3, -0.25) is 14.3 Å². The van der Waals surface area contributed by atoms with E-state index in [2.05, 4.69) is 4.98 Å². The maximum Gasteiger partial charge on any atom is 0.329 e. The molecule has 1 fully saturated rings. The van der Waals surface area contributed by atoms with Gasteiger partial charge in [-0.1, -0.05) is 6.92 Å². The van der Waals surface area contributed by atoms with E-state index in [1.807, 2.05) is 6.92 Å².